The molecule has 1 N–H and O–H groups in total. The molecule has 0 unspecified atom stereocenters. The van der Waals surface area contributed by atoms with Crippen molar-refractivity contribution >= 4 is 44.1 Å². The zero-order valence-electron chi connectivity index (χ0n) is 19.6. The number of thiazole rings is 1. The molecule has 3 aromatic carbocycles. The number of aliphatic hydroxyl groups is 1. The molecule has 1 aliphatic rings. The molecule has 1 fully saturated rings. The topological polar surface area (TPSA) is 89.0 Å². The number of ketones is 1. The number of carbonyl (C=O) groups is 2. The highest BCUT2D eigenvalue weighted by Gasteiger charge is 2.48. The van der Waals surface area contributed by atoms with Crippen LogP contribution in [0.15, 0.2) is 66.2 Å². The molecule has 2 heterocycles. The van der Waals surface area contributed by atoms with Crippen LogP contribution in [0.5, 0.6) is 11.5 Å². The van der Waals surface area contributed by atoms with Crippen LogP contribution >= 0.6 is 11.3 Å². The lowest BCUT2D eigenvalue weighted by molar-refractivity contribution is -0.132. The molecule has 9 heteroatoms. The fourth-order valence-corrected chi connectivity index (χ4v) is 5.24. The molecule has 1 aromatic heterocycles. The monoisotopic (exact) mass is 504 g/mol. The zero-order chi connectivity index (χ0) is 25.6. The summed E-state index contributed by atoms with van der Waals surface area (Å²) in [4.78, 5) is 32.5. The molecule has 4 aromatic rings. The molecule has 182 valence electrons. The van der Waals surface area contributed by atoms with Crippen molar-refractivity contribution in [1.82, 2.24) is 4.98 Å². The highest BCUT2D eigenvalue weighted by molar-refractivity contribution is 7.22. The van der Waals surface area contributed by atoms with E-state index in [1.807, 2.05) is 6.92 Å². The Morgan fingerprint density at radius 2 is 1.72 bits per heavy atom. The summed E-state index contributed by atoms with van der Waals surface area (Å²) in [7, 11) is 2.98. The standard InChI is InChI=1S/C27H21FN2O5S/c1-14-4-6-15(7-5-14)24(31)22-23(16-8-11-19(34-2)20(12-16)35-3)30(26(33)25(22)32)27-29-18-10-9-17(28)13-21(18)36-27/h4-13,23,31H,1-3H3/b24-22+/t23-/m1/s1. The average Bonchev–Trinajstić information content (AvgIpc) is 3.41. The van der Waals surface area contributed by atoms with Gasteiger partial charge in [-0.05, 0) is 42.8 Å². The van der Waals surface area contributed by atoms with Crippen LogP contribution in [0.4, 0.5) is 9.52 Å². The van der Waals surface area contributed by atoms with Crippen LogP contribution < -0.4 is 14.4 Å². The third-order valence-corrected chi connectivity index (χ3v) is 7.06. The second-order valence-electron chi connectivity index (χ2n) is 8.26. The van der Waals surface area contributed by atoms with E-state index in [-0.39, 0.29) is 16.5 Å². The fraction of sp³-hybridized carbons (Fsp3) is 0.148. The van der Waals surface area contributed by atoms with Gasteiger partial charge in [-0.2, -0.15) is 0 Å². The summed E-state index contributed by atoms with van der Waals surface area (Å²) in [6.07, 6.45) is 0. The van der Waals surface area contributed by atoms with Crippen LogP contribution in [0.2, 0.25) is 0 Å². The number of amides is 1. The maximum Gasteiger partial charge on any atom is 0.301 e. The Hall–Kier alpha value is -4.24. The SMILES string of the molecule is COc1ccc([C@@H]2/C(=C(\O)c3ccc(C)cc3)C(=O)C(=O)N2c2nc3ccc(F)cc3s2)cc1OC. The Morgan fingerprint density at radius 3 is 2.42 bits per heavy atom. The van der Waals surface area contributed by atoms with Gasteiger partial charge in [0.05, 0.1) is 36.1 Å². The summed E-state index contributed by atoms with van der Waals surface area (Å²) in [6.45, 7) is 1.91. The lowest BCUT2D eigenvalue weighted by Crippen LogP contribution is -2.29. The highest BCUT2D eigenvalue weighted by atomic mass is 32.1. The first kappa shape index (κ1) is 23.5. The van der Waals surface area contributed by atoms with Gasteiger partial charge in [0.2, 0.25) is 0 Å². The average molecular weight is 505 g/mol. The number of hydrogen-bond donors (Lipinski definition) is 1. The molecule has 0 bridgehead atoms. The van der Waals surface area contributed by atoms with Gasteiger partial charge in [0.1, 0.15) is 11.6 Å². The van der Waals surface area contributed by atoms with Crippen molar-refractivity contribution in [1.29, 1.82) is 0 Å². The van der Waals surface area contributed by atoms with E-state index in [0.717, 1.165) is 16.9 Å². The Bertz CT molecular complexity index is 1540. The van der Waals surface area contributed by atoms with E-state index in [2.05, 4.69) is 4.98 Å². The highest BCUT2D eigenvalue weighted by Crippen LogP contribution is 2.45. The molecular formula is C27H21FN2O5S. The van der Waals surface area contributed by atoms with E-state index in [1.54, 1.807) is 42.5 Å². The zero-order valence-corrected chi connectivity index (χ0v) is 20.4. The first-order valence-electron chi connectivity index (χ1n) is 11.0. The third kappa shape index (κ3) is 3.87. The summed E-state index contributed by atoms with van der Waals surface area (Å²) in [5, 5.41) is 11.5. The molecule has 36 heavy (non-hydrogen) atoms. The van der Waals surface area contributed by atoms with E-state index < -0.39 is 23.5 Å². The van der Waals surface area contributed by atoms with Crippen molar-refractivity contribution in [2.45, 2.75) is 13.0 Å². The molecule has 5 rings (SSSR count). The quantitative estimate of drug-likeness (QED) is 0.223. The van der Waals surface area contributed by atoms with Crippen molar-refractivity contribution in [2.24, 2.45) is 0 Å². The van der Waals surface area contributed by atoms with Gasteiger partial charge in [0.25, 0.3) is 5.78 Å². The summed E-state index contributed by atoms with van der Waals surface area (Å²) in [5.41, 5.74) is 2.29. The van der Waals surface area contributed by atoms with Crippen molar-refractivity contribution in [3.05, 3.63) is 88.7 Å². The van der Waals surface area contributed by atoms with Crippen LogP contribution in [0.25, 0.3) is 16.0 Å². The van der Waals surface area contributed by atoms with Crippen LogP contribution in [-0.2, 0) is 9.59 Å². The maximum absolute atomic E-state index is 13.8. The Morgan fingerprint density at radius 1 is 1.00 bits per heavy atom. The summed E-state index contributed by atoms with van der Waals surface area (Å²) in [6, 6.07) is 15.1. The van der Waals surface area contributed by atoms with Crippen LogP contribution in [-0.4, -0.2) is 36.0 Å². The van der Waals surface area contributed by atoms with Gasteiger partial charge >= 0.3 is 5.91 Å². The number of anilines is 1. The number of methoxy groups -OCH3 is 2. The van der Waals surface area contributed by atoms with Crippen LogP contribution in [0.1, 0.15) is 22.7 Å². The van der Waals surface area contributed by atoms with Crippen molar-refractivity contribution in [2.75, 3.05) is 19.1 Å². The number of nitrogens with zero attached hydrogens (tertiary/aromatic N) is 2. The lowest BCUT2D eigenvalue weighted by Gasteiger charge is -2.23. The van der Waals surface area contributed by atoms with Crippen molar-refractivity contribution in [3.8, 4) is 11.5 Å². The summed E-state index contributed by atoms with van der Waals surface area (Å²) < 4.78 is 25.1. The second-order valence-corrected chi connectivity index (χ2v) is 9.27. The van der Waals surface area contributed by atoms with Gasteiger partial charge in [0, 0.05) is 5.56 Å². The number of Topliss-reactive ketones (excluding diaryl/α,β-unsaturated/α-hetero) is 1. The molecule has 0 saturated carbocycles. The third-order valence-electron chi connectivity index (χ3n) is 6.04. The molecule has 0 spiro atoms. The van der Waals surface area contributed by atoms with Crippen molar-refractivity contribution in [3.63, 3.8) is 0 Å². The second kappa shape index (κ2) is 9.09. The molecule has 0 aliphatic carbocycles. The van der Waals surface area contributed by atoms with Crippen molar-refractivity contribution < 1.29 is 28.6 Å². The van der Waals surface area contributed by atoms with Gasteiger partial charge < -0.3 is 14.6 Å². The minimum absolute atomic E-state index is 0.0819. The summed E-state index contributed by atoms with van der Waals surface area (Å²) in [5.74, 6) is -1.57. The number of carbonyl (C=O) groups excluding carboxylic acids is 2. The molecule has 1 amide bonds. The fourth-order valence-electron chi connectivity index (χ4n) is 4.22. The number of fused-ring (bicyclic) bond motifs is 1. The molecule has 0 radical (unpaired) electrons. The van der Waals surface area contributed by atoms with Gasteiger partial charge in [-0.15, -0.1) is 0 Å². The van der Waals surface area contributed by atoms with Gasteiger partial charge in [-0.25, -0.2) is 9.37 Å². The Balaban J connectivity index is 1.75. The molecule has 1 atom stereocenters. The van der Waals surface area contributed by atoms with Gasteiger partial charge in [-0.3, -0.25) is 14.5 Å². The van der Waals surface area contributed by atoms with E-state index in [0.29, 0.717) is 32.8 Å². The van der Waals surface area contributed by atoms with Gasteiger partial charge in [-0.1, -0.05) is 47.2 Å². The van der Waals surface area contributed by atoms with E-state index >= 15 is 0 Å². The number of aliphatic hydroxyl groups excluding tert-OH is 1. The molecule has 7 nitrogen and oxygen atoms in total. The molecular weight excluding hydrogens is 483 g/mol. The normalized spacial score (nSPS) is 17.1. The smallest absolute Gasteiger partial charge is 0.301 e. The predicted octanol–water partition coefficient (Wildman–Crippen LogP) is 5.39. The molecule has 1 saturated heterocycles. The lowest BCUT2D eigenvalue weighted by atomic mass is 9.95. The van der Waals surface area contributed by atoms with Crippen LogP contribution in [0, 0.1) is 12.7 Å². The first-order valence-corrected chi connectivity index (χ1v) is 11.8. The number of hydrogen-bond acceptors (Lipinski definition) is 7. The van der Waals surface area contributed by atoms with E-state index in [4.69, 9.17) is 9.47 Å². The Labute approximate surface area is 210 Å². The predicted molar refractivity (Wildman–Crippen MR) is 135 cm³/mol. The Kier molecular flexibility index (Phi) is 5.93. The number of ether oxygens (including phenoxy) is 2. The minimum Gasteiger partial charge on any atom is -0.507 e. The van der Waals surface area contributed by atoms with Crippen LogP contribution in [0.3, 0.4) is 0 Å². The number of aromatic nitrogens is 1. The minimum atomic E-state index is -1.00. The summed E-state index contributed by atoms with van der Waals surface area (Å²) >= 11 is 1.08. The number of benzene rings is 3. The maximum atomic E-state index is 13.8. The number of aryl methyl sites for hydroxylation is 1. The largest absolute Gasteiger partial charge is 0.507 e. The van der Waals surface area contributed by atoms with E-state index in [9.17, 15) is 19.1 Å². The number of rotatable bonds is 5. The molecule has 1 aliphatic heterocycles. The first-order chi connectivity index (χ1) is 17.3. The number of halogens is 1. The van der Waals surface area contributed by atoms with Gasteiger partial charge in [0.15, 0.2) is 16.6 Å². The van der Waals surface area contributed by atoms with E-state index in [1.165, 1.54) is 37.3 Å².